The fraction of sp³-hybridized carbons (Fsp3) is 0.0556. The molecular weight excluding hydrogens is 368 g/mol. The quantitative estimate of drug-likeness (QED) is 0.705. The van der Waals surface area contributed by atoms with Crippen molar-refractivity contribution < 1.29 is 27.5 Å². The molecular formula is C18H10F4N2O3. The number of carboxylic acid groups (broad SMARTS) is 1. The molecule has 1 aromatic heterocycles. The maximum absolute atomic E-state index is 13.5. The third kappa shape index (κ3) is 3.71. The fourth-order valence-electron chi connectivity index (χ4n) is 2.40. The van der Waals surface area contributed by atoms with Crippen LogP contribution in [-0.2, 0) is 6.18 Å². The van der Waals surface area contributed by atoms with Gasteiger partial charge in [0.25, 0.3) is 5.56 Å². The number of nitrogens with zero attached hydrogens (tertiary/aromatic N) is 2. The summed E-state index contributed by atoms with van der Waals surface area (Å²) >= 11 is 0. The zero-order valence-corrected chi connectivity index (χ0v) is 13.4. The van der Waals surface area contributed by atoms with Gasteiger partial charge in [-0.3, -0.25) is 4.79 Å². The van der Waals surface area contributed by atoms with Gasteiger partial charge in [-0.2, -0.15) is 23.0 Å². The van der Waals surface area contributed by atoms with Crippen LogP contribution in [-0.4, -0.2) is 20.9 Å². The largest absolute Gasteiger partial charge is 0.477 e. The van der Waals surface area contributed by atoms with Gasteiger partial charge < -0.3 is 5.11 Å². The first-order chi connectivity index (χ1) is 12.7. The predicted octanol–water partition coefficient (Wildman–Crippen LogP) is 3.76. The predicted molar refractivity (Wildman–Crippen MR) is 87.2 cm³/mol. The number of aromatic carboxylic acids is 1. The van der Waals surface area contributed by atoms with Gasteiger partial charge in [0.1, 0.15) is 11.4 Å². The molecule has 0 spiro atoms. The van der Waals surface area contributed by atoms with Crippen molar-refractivity contribution in [2.75, 3.05) is 0 Å². The Morgan fingerprint density at radius 1 is 1.04 bits per heavy atom. The van der Waals surface area contributed by atoms with Crippen molar-refractivity contribution >= 4 is 5.97 Å². The van der Waals surface area contributed by atoms with Crippen LogP contribution in [0.15, 0.2) is 59.4 Å². The van der Waals surface area contributed by atoms with Crippen LogP contribution in [0, 0.1) is 5.82 Å². The van der Waals surface area contributed by atoms with Crippen LogP contribution >= 0.6 is 0 Å². The first kappa shape index (κ1) is 18.3. The second kappa shape index (κ2) is 6.67. The van der Waals surface area contributed by atoms with Gasteiger partial charge in [0.15, 0.2) is 0 Å². The van der Waals surface area contributed by atoms with Crippen LogP contribution in [0.25, 0.3) is 16.9 Å². The van der Waals surface area contributed by atoms with Crippen molar-refractivity contribution in [3.63, 3.8) is 0 Å². The summed E-state index contributed by atoms with van der Waals surface area (Å²) in [5.74, 6) is -2.21. The van der Waals surface area contributed by atoms with Gasteiger partial charge in [-0.15, -0.1) is 0 Å². The molecule has 5 nitrogen and oxygen atoms in total. The average Bonchev–Trinajstić information content (AvgIpc) is 2.61. The highest BCUT2D eigenvalue weighted by Gasteiger charge is 2.30. The van der Waals surface area contributed by atoms with Crippen LogP contribution < -0.4 is 5.56 Å². The van der Waals surface area contributed by atoms with Crippen molar-refractivity contribution in [3.05, 3.63) is 81.9 Å². The van der Waals surface area contributed by atoms with E-state index in [0.717, 1.165) is 42.5 Å². The lowest BCUT2D eigenvalue weighted by molar-refractivity contribution is -0.137. The number of aromatic nitrogens is 2. The third-order valence-electron chi connectivity index (χ3n) is 3.70. The lowest BCUT2D eigenvalue weighted by Gasteiger charge is -2.11. The van der Waals surface area contributed by atoms with Gasteiger partial charge in [-0.25, -0.2) is 9.18 Å². The Kier molecular flexibility index (Phi) is 4.52. The molecule has 0 amide bonds. The molecule has 9 heteroatoms. The molecule has 0 unspecified atom stereocenters. The number of rotatable bonds is 3. The number of hydrogen-bond donors (Lipinski definition) is 1. The van der Waals surface area contributed by atoms with Crippen molar-refractivity contribution in [2.24, 2.45) is 0 Å². The standard InChI is InChI=1S/C18H10F4N2O3/c19-12-2-1-3-13(8-12)24-16(25)14(17(26)27)9-15(23-24)10-4-6-11(7-5-10)18(20,21)22/h1-9H,(H,26,27). The number of benzene rings is 2. The fourth-order valence-corrected chi connectivity index (χ4v) is 2.40. The SMILES string of the molecule is O=C(O)c1cc(-c2ccc(C(F)(F)F)cc2)nn(-c2cccc(F)c2)c1=O. The molecule has 0 saturated heterocycles. The third-order valence-corrected chi connectivity index (χ3v) is 3.70. The zero-order valence-electron chi connectivity index (χ0n) is 13.4. The molecule has 1 N–H and O–H groups in total. The number of alkyl halides is 3. The Labute approximate surface area is 149 Å². The molecule has 3 aromatic rings. The molecule has 3 rings (SSSR count). The summed E-state index contributed by atoms with van der Waals surface area (Å²) < 4.78 is 52.2. The molecule has 0 bridgehead atoms. The second-order valence-corrected chi connectivity index (χ2v) is 5.52. The van der Waals surface area contributed by atoms with Gasteiger partial charge in [0.05, 0.1) is 16.9 Å². The van der Waals surface area contributed by atoms with Crippen LogP contribution in [0.3, 0.4) is 0 Å². The molecule has 1 heterocycles. The summed E-state index contributed by atoms with van der Waals surface area (Å²) in [5.41, 5.74) is -2.44. The highest BCUT2D eigenvalue weighted by Crippen LogP contribution is 2.30. The maximum Gasteiger partial charge on any atom is 0.416 e. The van der Waals surface area contributed by atoms with Crippen LogP contribution in [0.5, 0.6) is 0 Å². The summed E-state index contributed by atoms with van der Waals surface area (Å²) in [6.45, 7) is 0. The number of carboxylic acids is 1. The summed E-state index contributed by atoms with van der Waals surface area (Å²) in [5, 5.41) is 13.2. The van der Waals surface area contributed by atoms with Crippen LogP contribution in [0.1, 0.15) is 15.9 Å². The monoisotopic (exact) mass is 378 g/mol. The molecule has 0 saturated carbocycles. The van der Waals surface area contributed by atoms with E-state index in [1.165, 1.54) is 12.1 Å². The Morgan fingerprint density at radius 2 is 1.70 bits per heavy atom. The Balaban J connectivity index is 2.19. The molecule has 138 valence electrons. The van der Waals surface area contributed by atoms with Gasteiger partial charge in [0.2, 0.25) is 0 Å². The minimum atomic E-state index is -4.53. The average molecular weight is 378 g/mol. The van der Waals surface area contributed by atoms with E-state index in [2.05, 4.69) is 5.10 Å². The van der Waals surface area contributed by atoms with Crippen LogP contribution in [0.2, 0.25) is 0 Å². The van der Waals surface area contributed by atoms with E-state index >= 15 is 0 Å². The minimum Gasteiger partial charge on any atom is -0.477 e. The highest BCUT2D eigenvalue weighted by atomic mass is 19.4. The Bertz CT molecular complexity index is 1070. The highest BCUT2D eigenvalue weighted by molar-refractivity contribution is 5.88. The lowest BCUT2D eigenvalue weighted by Crippen LogP contribution is -2.27. The van der Waals surface area contributed by atoms with E-state index in [-0.39, 0.29) is 16.9 Å². The van der Waals surface area contributed by atoms with Crippen molar-refractivity contribution in [1.29, 1.82) is 0 Å². The van der Waals surface area contributed by atoms with E-state index in [0.29, 0.717) is 4.68 Å². The molecule has 27 heavy (non-hydrogen) atoms. The summed E-state index contributed by atoms with van der Waals surface area (Å²) in [6, 6.07) is 9.58. The molecule has 2 aromatic carbocycles. The van der Waals surface area contributed by atoms with Crippen molar-refractivity contribution in [2.45, 2.75) is 6.18 Å². The van der Waals surface area contributed by atoms with Gasteiger partial charge in [-0.1, -0.05) is 18.2 Å². The van der Waals surface area contributed by atoms with E-state index in [9.17, 15) is 32.3 Å². The van der Waals surface area contributed by atoms with Gasteiger partial charge in [-0.05, 0) is 36.4 Å². The molecule has 0 radical (unpaired) electrons. The Morgan fingerprint density at radius 3 is 2.26 bits per heavy atom. The van der Waals surface area contributed by atoms with Crippen molar-refractivity contribution in [1.82, 2.24) is 9.78 Å². The van der Waals surface area contributed by atoms with Crippen LogP contribution in [0.4, 0.5) is 17.6 Å². The normalized spacial score (nSPS) is 11.4. The number of carbonyl (C=O) groups is 1. The second-order valence-electron chi connectivity index (χ2n) is 5.52. The maximum atomic E-state index is 13.5. The summed E-state index contributed by atoms with van der Waals surface area (Å²) in [6.07, 6.45) is -4.53. The molecule has 0 aliphatic heterocycles. The zero-order chi connectivity index (χ0) is 19.8. The molecule has 0 aliphatic rings. The van der Waals surface area contributed by atoms with Gasteiger partial charge in [0, 0.05) is 5.56 Å². The molecule has 0 atom stereocenters. The van der Waals surface area contributed by atoms with E-state index < -0.39 is 34.6 Å². The minimum absolute atomic E-state index is 0.0174. The smallest absolute Gasteiger partial charge is 0.416 e. The topological polar surface area (TPSA) is 72.2 Å². The lowest BCUT2D eigenvalue weighted by atomic mass is 10.1. The van der Waals surface area contributed by atoms with E-state index in [1.54, 1.807) is 0 Å². The number of hydrogen-bond acceptors (Lipinski definition) is 3. The molecule has 0 fully saturated rings. The summed E-state index contributed by atoms with van der Waals surface area (Å²) in [4.78, 5) is 23.7. The van der Waals surface area contributed by atoms with E-state index in [4.69, 9.17) is 0 Å². The first-order valence-electron chi connectivity index (χ1n) is 7.48. The first-order valence-corrected chi connectivity index (χ1v) is 7.48. The number of halogens is 4. The Hall–Kier alpha value is -3.49. The van der Waals surface area contributed by atoms with Gasteiger partial charge >= 0.3 is 12.1 Å². The van der Waals surface area contributed by atoms with E-state index in [1.807, 2.05) is 0 Å². The molecule has 0 aliphatic carbocycles. The van der Waals surface area contributed by atoms with Crippen molar-refractivity contribution in [3.8, 4) is 16.9 Å². The summed E-state index contributed by atoms with van der Waals surface area (Å²) in [7, 11) is 0.